The SMILES string of the molecule is COC(c1c(C)c[nH]c1C(=O)OCc1ccccc1)C(F)(F)F. The van der Waals surface area contributed by atoms with Crippen LogP contribution in [0.1, 0.15) is 33.3 Å². The van der Waals surface area contributed by atoms with Crippen molar-refractivity contribution in [2.45, 2.75) is 25.8 Å². The first kappa shape index (κ1) is 17.1. The van der Waals surface area contributed by atoms with Crippen molar-refractivity contribution in [3.8, 4) is 0 Å². The Morgan fingerprint density at radius 3 is 2.48 bits per heavy atom. The summed E-state index contributed by atoms with van der Waals surface area (Å²) in [4.78, 5) is 14.7. The Labute approximate surface area is 131 Å². The molecule has 0 spiro atoms. The van der Waals surface area contributed by atoms with Gasteiger partial charge in [-0.3, -0.25) is 0 Å². The quantitative estimate of drug-likeness (QED) is 0.847. The number of aryl methyl sites for hydroxylation is 1. The molecule has 2 rings (SSSR count). The topological polar surface area (TPSA) is 51.3 Å². The van der Waals surface area contributed by atoms with E-state index in [0.717, 1.165) is 12.7 Å². The molecule has 0 aliphatic carbocycles. The average Bonchev–Trinajstić information content (AvgIpc) is 2.87. The molecular weight excluding hydrogens is 311 g/mol. The maximum atomic E-state index is 13.1. The van der Waals surface area contributed by atoms with Crippen molar-refractivity contribution in [3.63, 3.8) is 0 Å². The first-order valence-corrected chi connectivity index (χ1v) is 6.83. The molecule has 0 aliphatic heterocycles. The van der Waals surface area contributed by atoms with Crippen molar-refractivity contribution in [2.75, 3.05) is 7.11 Å². The number of nitrogens with one attached hydrogen (secondary N) is 1. The smallest absolute Gasteiger partial charge is 0.418 e. The van der Waals surface area contributed by atoms with E-state index in [0.29, 0.717) is 0 Å². The molecule has 0 fully saturated rings. The van der Waals surface area contributed by atoms with Crippen LogP contribution in [-0.4, -0.2) is 24.2 Å². The third-order valence-corrected chi connectivity index (χ3v) is 3.34. The average molecular weight is 327 g/mol. The highest BCUT2D eigenvalue weighted by Crippen LogP contribution is 2.38. The Kier molecular flexibility index (Phi) is 5.10. The maximum Gasteiger partial charge on any atom is 0.418 e. The van der Waals surface area contributed by atoms with E-state index in [-0.39, 0.29) is 23.4 Å². The minimum Gasteiger partial charge on any atom is -0.456 e. The second kappa shape index (κ2) is 6.87. The summed E-state index contributed by atoms with van der Waals surface area (Å²) in [6.07, 6.45) is -5.49. The third kappa shape index (κ3) is 3.92. The molecule has 0 saturated heterocycles. The molecule has 1 N–H and O–H groups in total. The summed E-state index contributed by atoms with van der Waals surface area (Å²) < 4.78 is 48.8. The number of carbonyl (C=O) groups is 1. The molecule has 2 aromatic rings. The van der Waals surface area contributed by atoms with E-state index in [4.69, 9.17) is 4.74 Å². The van der Waals surface area contributed by atoms with Crippen LogP contribution in [0.4, 0.5) is 13.2 Å². The third-order valence-electron chi connectivity index (χ3n) is 3.34. The van der Waals surface area contributed by atoms with Crippen LogP contribution < -0.4 is 0 Å². The minimum absolute atomic E-state index is 0.0269. The van der Waals surface area contributed by atoms with Gasteiger partial charge in [-0.2, -0.15) is 13.2 Å². The second-order valence-corrected chi connectivity index (χ2v) is 4.98. The van der Waals surface area contributed by atoms with Gasteiger partial charge in [0.15, 0.2) is 6.10 Å². The fraction of sp³-hybridized carbons (Fsp3) is 0.312. The van der Waals surface area contributed by atoms with E-state index in [9.17, 15) is 18.0 Å². The molecule has 1 unspecified atom stereocenters. The van der Waals surface area contributed by atoms with Crippen molar-refractivity contribution < 1.29 is 27.4 Å². The van der Waals surface area contributed by atoms with Gasteiger partial charge in [0.2, 0.25) is 0 Å². The molecule has 0 aliphatic rings. The first-order chi connectivity index (χ1) is 10.8. The van der Waals surface area contributed by atoms with E-state index in [1.54, 1.807) is 24.3 Å². The zero-order chi connectivity index (χ0) is 17.0. The lowest BCUT2D eigenvalue weighted by molar-refractivity contribution is -0.216. The maximum absolute atomic E-state index is 13.1. The highest BCUT2D eigenvalue weighted by atomic mass is 19.4. The Morgan fingerprint density at radius 1 is 1.26 bits per heavy atom. The molecular formula is C16H16F3NO3. The van der Waals surface area contributed by atoms with Crippen LogP contribution in [-0.2, 0) is 16.1 Å². The predicted molar refractivity (Wildman–Crippen MR) is 76.9 cm³/mol. The van der Waals surface area contributed by atoms with E-state index in [1.165, 1.54) is 13.1 Å². The number of benzene rings is 1. The van der Waals surface area contributed by atoms with E-state index in [1.807, 2.05) is 6.07 Å². The van der Waals surface area contributed by atoms with E-state index >= 15 is 0 Å². The monoisotopic (exact) mass is 327 g/mol. The summed E-state index contributed by atoms with van der Waals surface area (Å²) in [7, 11) is 0.948. The van der Waals surface area contributed by atoms with Gasteiger partial charge in [-0.05, 0) is 18.1 Å². The van der Waals surface area contributed by atoms with E-state index < -0.39 is 18.2 Å². The summed E-state index contributed by atoms with van der Waals surface area (Å²) >= 11 is 0. The number of aromatic amines is 1. The molecule has 4 nitrogen and oxygen atoms in total. The number of esters is 1. The summed E-state index contributed by atoms with van der Waals surface area (Å²) in [5, 5.41) is 0. The van der Waals surface area contributed by atoms with Gasteiger partial charge in [-0.1, -0.05) is 30.3 Å². The minimum atomic E-state index is -4.63. The molecule has 124 valence electrons. The molecule has 0 radical (unpaired) electrons. The lowest BCUT2D eigenvalue weighted by Crippen LogP contribution is -2.25. The number of halogens is 3. The molecule has 0 saturated carbocycles. The summed E-state index contributed by atoms with van der Waals surface area (Å²) in [5.41, 5.74) is 0.520. The van der Waals surface area contributed by atoms with Crippen LogP contribution in [0.2, 0.25) is 0 Å². The largest absolute Gasteiger partial charge is 0.456 e. The molecule has 1 heterocycles. The number of methoxy groups -OCH3 is 1. The van der Waals surface area contributed by atoms with Crippen LogP contribution in [0, 0.1) is 6.92 Å². The lowest BCUT2D eigenvalue weighted by Gasteiger charge is -2.20. The van der Waals surface area contributed by atoms with Gasteiger partial charge in [0.05, 0.1) is 0 Å². The molecule has 0 bridgehead atoms. The molecule has 1 aromatic heterocycles. The van der Waals surface area contributed by atoms with E-state index in [2.05, 4.69) is 9.72 Å². The van der Waals surface area contributed by atoms with Crippen LogP contribution in [0.25, 0.3) is 0 Å². The Morgan fingerprint density at radius 2 is 1.91 bits per heavy atom. The number of hydrogen-bond acceptors (Lipinski definition) is 3. The van der Waals surface area contributed by atoms with Gasteiger partial charge < -0.3 is 14.5 Å². The number of hydrogen-bond donors (Lipinski definition) is 1. The van der Waals surface area contributed by atoms with Gasteiger partial charge in [0.25, 0.3) is 0 Å². The first-order valence-electron chi connectivity index (χ1n) is 6.83. The number of aromatic nitrogens is 1. The zero-order valence-corrected chi connectivity index (χ0v) is 12.6. The van der Waals surface area contributed by atoms with Gasteiger partial charge in [0, 0.05) is 18.9 Å². The number of alkyl halides is 3. The summed E-state index contributed by atoms with van der Waals surface area (Å²) in [5.74, 6) is -0.858. The number of H-pyrrole nitrogens is 1. The van der Waals surface area contributed by atoms with Crippen molar-refractivity contribution in [3.05, 3.63) is 58.9 Å². The standard InChI is InChI=1S/C16H16F3NO3/c1-10-8-20-13(12(10)14(22-2)16(17,18)19)15(21)23-9-11-6-4-3-5-7-11/h3-8,14,20H,9H2,1-2H3. The number of rotatable bonds is 5. The van der Waals surface area contributed by atoms with Gasteiger partial charge in [-0.25, -0.2) is 4.79 Å². The predicted octanol–water partition coefficient (Wildman–Crippen LogP) is 3.93. The van der Waals surface area contributed by atoms with Crippen LogP contribution in [0.15, 0.2) is 36.5 Å². The van der Waals surface area contributed by atoms with Crippen LogP contribution in [0.3, 0.4) is 0 Å². The Hall–Kier alpha value is -2.28. The number of ether oxygens (including phenoxy) is 2. The number of carbonyl (C=O) groups excluding carboxylic acids is 1. The molecule has 0 amide bonds. The van der Waals surface area contributed by atoms with Gasteiger partial charge in [-0.15, -0.1) is 0 Å². The highest BCUT2D eigenvalue weighted by molar-refractivity contribution is 5.89. The van der Waals surface area contributed by atoms with Crippen molar-refractivity contribution in [1.29, 1.82) is 0 Å². The zero-order valence-electron chi connectivity index (χ0n) is 12.6. The molecule has 1 atom stereocenters. The Balaban J connectivity index is 2.21. The van der Waals surface area contributed by atoms with Crippen molar-refractivity contribution in [2.24, 2.45) is 0 Å². The van der Waals surface area contributed by atoms with Crippen molar-refractivity contribution in [1.82, 2.24) is 4.98 Å². The van der Waals surface area contributed by atoms with Crippen LogP contribution >= 0.6 is 0 Å². The van der Waals surface area contributed by atoms with Crippen LogP contribution in [0.5, 0.6) is 0 Å². The highest BCUT2D eigenvalue weighted by Gasteiger charge is 2.44. The van der Waals surface area contributed by atoms with Gasteiger partial charge in [0.1, 0.15) is 12.3 Å². The van der Waals surface area contributed by atoms with Gasteiger partial charge >= 0.3 is 12.1 Å². The lowest BCUT2D eigenvalue weighted by atomic mass is 10.0. The van der Waals surface area contributed by atoms with Crippen molar-refractivity contribution >= 4 is 5.97 Å². The molecule has 7 heteroatoms. The summed E-state index contributed by atoms with van der Waals surface area (Å²) in [6.45, 7) is 1.44. The Bertz CT molecular complexity index is 665. The molecule has 1 aromatic carbocycles. The normalized spacial score (nSPS) is 12.9. The molecule has 23 heavy (non-hydrogen) atoms. The summed E-state index contributed by atoms with van der Waals surface area (Å²) in [6, 6.07) is 8.86. The fourth-order valence-corrected chi connectivity index (χ4v) is 2.25. The second-order valence-electron chi connectivity index (χ2n) is 4.98. The fourth-order valence-electron chi connectivity index (χ4n) is 2.25.